The number of ether oxygens (including phenoxy) is 6. The van der Waals surface area contributed by atoms with Crippen molar-refractivity contribution in [2.24, 2.45) is 0 Å². The number of allylic oxidation sites excluding steroid dienone is 2. The van der Waals surface area contributed by atoms with Gasteiger partial charge in [0.15, 0.2) is 18.9 Å². The van der Waals surface area contributed by atoms with Crippen LogP contribution in [0.2, 0.25) is 0 Å². The molecule has 3 aliphatic rings. The van der Waals surface area contributed by atoms with Gasteiger partial charge in [-0.25, -0.2) is 0 Å². The van der Waals surface area contributed by atoms with Crippen molar-refractivity contribution in [3.8, 4) is 0 Å². The summed E-state index contributed by atoms with van der Waals surface area (Å²) in [6, 6.07) is -0.885. The molecule has 3 saturated heterocycles. The Hall–Kier alpha value is -1.47. The van der Waals surface area contributed by atoms with Crippen molar-refractivity contribution >= 4 is 5.91 Å². The van der Waals surface area contributed by atoms with Crippen LogP contribution in [-0.4, -0.2) is 193 Å². The molecule has 1 amide bonds. The van der Waals surface area contributed by atoms with Crippen LogP contribution in [0, 0.1) is 0 Å². The van der Waals surface area contributed by atoms with Crippen molar-refractivity contribution < 1.29 is 89.4 Å². The number of aliphatic hydroxyl groups is 11. The number of carbonyl (C=O) groups excluding carboxylic acids is 1. The smallest absolute Gasteiger partial charge is 0.220 e. The summed E-state index contributed by atoms with van der Waals surface area (Å²) < 4.78 is 34.3. The second-order valence-electron chi connectivity index (χ2n) is 22.5. The third-order valence-corrected chi connectivity index (χ3v) is 15.8. The van der Waals surface area contributed by atoms with Gasteiger partial charge in [0.05, 0.1) is 38.6 Å². The fraction of sp³-hybridized carbons (Fsp3) is 0.949. The van der Waals surface area contributed by atoms with Gasteiger partial charge in [-0.15, -0.1) is 0 Å². The predicted octanol–water partition coefficient (Wildman–Crippen LogP) is 5.77. The molecular formula is C59H111NO18. The molecule has 19 nitrogen and oxygen atoms in total. The molecule has 460 valence electrons. The second kappa shape index (κ2) is 43.2. The summed E-state index contributed by atoms with van der Waals surface area (Å²) >= 11 is 0. The van der Waals surface area contributed by atoms with Gasteiger partial charge in [-0.2, -0.15) is 0 Å². The first-order valence-electron chi connectivity index (χ1n) is 30.9. The summed E-state index contributed by atoms with van der Waals surface area (Å²) in [5.41, 5.74) is 0. The van der Waals surface area contributed by atoms with Crippen LogP contribution in [0.4, 0.5) is 0 Å². The topological polar surface area (TPSA) is 307 Å². The first-order valence-corrected chi connectivity index (χ1v) is 30.9. The van der Waals surface area contributed by atoms with Gasteiger partial charge in [0.2, 0.25) is 5.91 Å². The first-order chi connectivity index (χ1) is 37.8. The SMILES string of the molecule is CCCCCCCCC/C=C\CCCCCCCCCC(=O)NC(COC1OC(CO)C(OC2OC(CO)C(OC3OC(CO)C(O)C(O)C3O)C(O)C2O)C(O)C1O)C(O)CCCCCCCCCCCCCCCCC. The van der Waals surface area contributed by atoms with E-state index in [9.17, 15) is 61.0 Å². The Bertz CT molecular complexity index is 1480. The molecule has 3 aliphatic heterocycles. The van der Waals surface area contributed by atoms with E-state index in [4.69, 9.17) is 28.4 Å². The van der Waals surface area contributed by atoms with Crippen LogP contribution in [0.1, 0.15) is 226 Å². The van der Waals surface area contributed by atoms with Crippen molar-refractivity contribution in [3.63, 3.8) is 0 Å². The van der Waals surface area contributed by atoms with Crippen LogP contribution in [-0.2, 0) is 33.2 Å². The van der Waals surface area contributed by atoms with Gasteiger partial charge in [-0.3, -0.25) is 4.79 Å². The third-order valence-electron chi connectivity index (χ3n) is 15.8. The Balaban J connectivity index is 1.49. The molecule has 12 N–H and O–H groups in total. The number of nitrogens with one attached hydrogen (secondary N) is 1. The van der Waals surface area contributed by atoms with Crippen molar-refractivity contribution in [2.75, 3.05) is 26.4 Å². The van der Waals surface area contributed by atoms with E-state index in [1.807, 2.05) is 0 Å². The zero-order valence-corrected chi connectivity index (χ0v) is 47.9. The minimum absolute atomic E-state index is 0.246. The lowest BCUT2D eigenvalue weighted by Crippen LogP contribution is -2.66. The number of hydrogen-bond donors (Lipinski definition) is 12. The molecule has 0 spiro atoms. The number of rotatable bonds is 46. The van der Waals surface area contributed by atoms with Crippen LogP contribution in [0.5, 0.6) is 0 Å². The summed E-state index contributed by atoms with van der Waals surface area (Å²) in [6.07, 6.45) is 15.7. The third kappa shape index (κ3) is 26.8. The standard InChI is InChI=1S/C59H111NO18/c1-3-5-7-9-11-13-15-17-19-20-21-23-25-27-29-31-33-35-37-47(65)60-42(43(64)36-34-32-30-28-26-24-22-18-16-14-12-10-8-6-4-2)41-73-57-53(71)50(68)55(45(39-62)75-57)78-59-54(72)51(69)56(46(40-63)76-59)77-58-52(70)49(67)48(66)44(38-61)74-58/h19-20,42-46,48-59,61-64,66-72H,3-18,21-41H2,1-2H3,(H,60,65)/b20-19-. The van der Waals surface area contributed by atoms with Gasteiger partial charge in [-0.05, 0) is 38.5 Å². The Morgan fingerprint density at radius 1 is 0.449 bits per heavy atom. The highest BCUT2D eigenvalue weighted by Gasteiger charge is 2.53. The molecule has 0 radical (unpaired) electrons. The average molecular weight is 1120 g/mol. The maximum absolute atomic E-state index is 13.3. The maximum atomic E-state index is 13.3. The summed E-state index contributed by atoms with van der Waals surface area (Å²) in [4.78, 5) is 13.3. The van der Waals surface area contributed by atoms with E-state index in [0.29, 0.717) is 12.8 Å². The Morgan fingerprint density at radius 3 is 1.24 bits per heavy atom. The van der Waals surface area contributed by atoms with Crippen LogP contribution < -0.4 is 5.32 Å². The van der Waals surface area contributed by atoms with Crippen LogP contribution in [0.25, 0.3) is 0 Å². The van der Waals surface area contributed by atoms with Gasteiger partial charge in [0, 0.05) is 6.42 Å². The molecular weight excluding hydrogens is 1010 g/mol. The Labute approximate surface area is 467 Å². The van der Waals surface area contributed by atoms with E-state index in [-0.39, 0.29) is 18.9 Å². The fourth-order valence-corrected chi connectivity index (χ4v) is 10.7. The number of unbranched alkanes of at least 4 members (excludes halogenated alkanes) is 28. The molecule has 0 aromatic rings. The molecule has 17 unspecified atom stereocenters. The highest BCUT2D eigenvalue weighted by molar-refractivity contribution is 5.76. The quantitative estimate of drug-likeness (QED) is 0.0254. The van der Waals surface area contributed by atoms with Crippen LogP contribution in [0.15, 0.2) is 12.2 Å². The number of amides is 1. The predicted molar refractivity (Wildman–Crippen MR) is 296 cm³/mol. The summed E-state index contributed by atoms with van der Waals surface area (Å²) in [5.74, 6) is -0.246. The van der Waals surface area contributed by atoms with E-state index in [1.165, 1.54) is 135 Å². The molecule has 0 aliphatic carbocycles. The average Bonchev–Trinajstić information content (AvgIpc) is 3.48. The normalized spacial score (nSPS) is 30.5. The van der Waals surface area contributed by atoms with Crippen LogP contribution in [0.3, 0.4) is 0 Å². The summed E-state index contributed by atoms with van der Waals surface area (Å²) in [6.45, 7) is 1.79. The van der Waals surface area contributed by atoms with Gasteiger partial charge in [0.25, 0.3) is 0 Å². The van der Waals surface area contributed by atoms with E-state index >= 15 is 0 Å². The molecule has 17 atom stereocenters. The molecule has 3 fully saturated rings. The lowest BCUT2D eigenvalue weighted by atomic mass is 9.96. The van der Waals surface area contributed by atoms with Crippen molar-refractivity contribution in [1.29, 1.82) is 0 Å². The van der Waals surface area contributed by atoms with Gasteiger partial charge in [0.1, 0.15) is 73.2 Å². The zero-order chi connectivity index (χ0) is 56.9. The van der Waals surface area contributed by atoms with Crippen molar-refractivity contribution in [2.45, 2.75) is 330 Å². The minimum Gasteiger partial charge on any atom is -0.394 e. The highest BCUT2D eigenvalue weighted by Crippen LogP contribution is 2.33. The lowest BCUT2D eigenvalue weighted by Gasteiger charge is -2.48. The first kappa shape index (κ1) is 70.8. The van der Waals surface area contributed by atoms with Crippen LogP contribution >= 0.6 is 0 Å². The lowest BCUT2D eigenvalue weighted by molar-refractivity contribution is -0.379. The number of carbonyl (C=O) groups is 1. The maximum Gasteiger partial charge on any atom is 0.220 e. The number of aliphatic hydroxyl groups excluding tert-OH is 11. The van der Waals surface area contributed by atoms with Gasteiger partial charge < -0.3 is 89.9 Å². The van der Waals surface area contributed by atoms with E-state index in [0.717, 1.165) is 57.8 Å². The molecule has 0 aromatic carbocycles. The largest absolute Gasteiger partial charge is 0.394 e. The van der Waals surface area contributed by atoms with E-state index in [2.05, 4.69) is 31.3 Å². The molecule has 0 saturated carbocycles. The molecule has 78 heavy (non-hydrogen) atoms. The minimum atomic E-state index is -1.97. The fourth-order valence-electron chi connectivity index (χ4n) is 10.7. The van der Waals surface area contributed by atoms with Crippen molar-refractivity contribution in [3.05, 3.63) is 12.2 Å². The molecule has 0 bridgehead atoms. The van der Waals surface area contributed by atoms with E-state index in [1.54, 1.807) is 0 Å². The Morgan fingerprint density at radius 2 is 0.808 bits per heavy atom. The molecule has 19 heteroatoms. The van der Waals surface area contributed by atoms with Crippen molar-refractivity contribution in [1.82, 2.24) is 5.32 Å². The second-order valence-corrected chi connectivity index (χ2v) is 22.5. The molecule has 3 rings (SSSR count). The zero-order valence-electron chi connectivity index (χ0n) is 47.9. The van der Waals surface area contributed by atoms with E-state index < -0.39 is 124 Å². The monoisotopic (exact) mass is 1120 g/mol. The Kier molecular flexibility index (Phi) is 39.2. The molecule has 0 aromatic heterocycles. The molecule has 3 heterocycles. The highest BCUT2D eigenvalue weighted by atomic mass is 16.8. The van der Waals surface area contributed by atoms with Gasteiger partial charge in [-0.1, -0.05) is 193 Å². The number of hydrogen-bond acceptors (Lipinski definition) is 18. The summed E-state index contributed by atoms with van der Waals surface area (Å²) in [7, 11) is 0. The summed E-state index contributed by atoms with van der Waals surface area (Å²) in [5, 5.41) is 120. The van der Waals surface area contributed by atoms with Gasteiger partial charge >= 0.3 is 0 Å².